The van der Waals surface area contributed by atoms with Gasteiger partial charge in [-0.3, -0.25) is 9.59 Å². The average molecular weight is 352 g/mol. The molecule has 2 aliphatic rings. The number of carboxylic acid groups (broad SMARTS) is 1. The molecule has 25 heavy (non-hydrogen) atoms. The molecule has 0 amide bonds. The molecule has 2 rings (SSSR count). The summed E-state index contributed by atoms with van der Waals surface area (Å²) in [6.07, 6.45) is 20.5. The number of aliphatic carboxylic acids is 1. The van der Waals surface area contributed by atoms with Gasteiger partial charge in [-0.15, -0.1) is 0 Å². The predicted octanol–water partition coefficient (Wildman–Crippen LogP) is 4.20. The first kappa shape index (κ1) is 25.1. The van der Waals surface area contributed by atoms with Crippen molar-refractivity contribution in [3.63, 3.8) is 0 Å². The van der Waals surface area contributed by atoms with Gasteiger partial charge >= 0.3 is 11.9 Å². The van der Waals surface area contributed by atoms with Gasteiger partial charge in [-0.1, -0.05) is 62.5 Å². The third kappa shape index (κ3) is 27.0. The molecule has 5 nitrogen and oxygen atoms in total. The Labute approximate surface area is 151 Å². The van der Waals surface area contributed by atoms with E-state index < -0.39 is 11.9 Å². The number of hydrogen-bond acceptors (Lipinski definition) is 4. The van der Waals surface area contributed by atoms with Crippen LogP contribution in [-0.2, 0) is 14.3 Å². The molecular weight excluding hydrogens is 320 g/mol. The highest BCUT2D eigenvalue weighted by atomic mass is 16.5. The van der Waals surface area contributed by atoms with Gasteiger partial charge in [-0.25, -0.2) is 0 Å². The van der Waals surface area contributed by atoms with E-state index in [2.05, 4.69) is 53.3 Å². The number of carbonyl (C=O) groups is 2. The van der Waals surface area contributed by atoms with Crippen LogP contribution in [0.25, 0.3) is 0 Å². The zero-order valence-electron chi connectivity index (χ0n) is 15.4. The van der Waals surface area contributed by atoms with E-state index in [9.17, 15) is 9.59 Å². The zero-order chi connectivity index (χ0) is 19.2. The summed E-state index contributed by atoms with van der Waals surface area (Å²) in [7, 11) is 0. The predicted molar refractivity (Wildman–Crippen MR) is 101 cm³/mol. The highest BCUT2D eigenvalue weighted by molar-refractivity contribution is 5.76. The zero-order valence-corrected chi connectivity index (χ0v) is 15.4. The van der Waals surface area contributed by atoms with Crippen molar-refractivity contribution in [1.82, 2.24) is 0 Å². The summed E-state index contributed by atoms with van der Waals surface area (Å²) in [4.78, 5) is 20.6. The second-order valence-electron chi connectivity index (χ2n) is 5.02. The lowest BCUT2D eigenvalue weighted by Crippen LogP contribution is -2.07. The third-order valence-corrected chi connectivity index (χ3v) is 2.54. The van der Waals surface area contributed by atoms with E-state index in [0.29, 0.717) is 13.2 Å². The first-order chi connectivity index (χ1) is 12.1. The molecule has 0 aliphatic heterocycles. The number of esters is 1. The van der Waals surface area contributed by atoms with Crippen molar-refractivity contribution < 1.29 is 24.5 Å². The molecule has 2 aliphatic carbocycles. The van der Waals surface area contributed by atoms with Crippen molar-refractivity contribution in [2.75, 3.05) is 13.2 Å². The third-order valence-electron chi connectivity index (χ3n) is 2.54. The molecule has 0 unspecified atom stereocenters. The van der Waals surface area contributed by atoms with Crippen molar-refractivity contribution in [3.8, 4) is 0 Å². The second kappa shape index (κ2) is 21.9. The summed E-state index contributed by atoms with van der Waals surface area (Å²) in [5.74, 6) is -1.41. The summed E-state index contributed by atoms with van der Waals surface area (Å²) in [6, 6.07) is 0. The van der Waals surface area contributed by atoms with E-state index in [1.165, 1.54) is 0 Å². The second-order valence-corrected chi connectivity index (χ2v) is 5.02. The molecule has 0 aromatic rings. The van der Waals surface area contributed by atoms with Crippen LogP contribution in [0.1, 0.15) is 52.4 Å². The summed E-state index contributed by atoms with van der Waals surface area (Å²) in [5.41, 5.74) is 0. The molecule has 5 heteroatoms. The minimum atomic E-state index is -0.974. The maximum absolute atomic E-state index is 10.6. The molecule has 0 spiro atoms. The van der Waals surface area contributed by atoms with Crippen molar-refractivity contribution >= 4 is 11.9 Å². The number of aliphatic hydroxyl groups is 1. The Bertz CT molecular complexity index is 389. The molecule has 142 valence electrons. The Balaban J connectivity index is 0. The molecule has 0 bridgehead atoms. The van der Waals surface area contributed by atoms with Crippen LogP contribution in [0.3, 0.4) is 0 Å². The Kier molecular flexibility index (Phi) is 22.0. The Hall–Kier alpha value is -2.14. The number of allylic oxidation sites excluding steroid dienone is 8. The van der Waals surface area contributed by atoms with Gasteiger partial charge in [-0.2, -0.15) is 0 Å². The van der Waals surface area contributed by atoms with E-state index in [0.717, 1.165) is 25.7 Å². The van der Waals surface area contributed by atoms with Gasteiger partial charge in [0, 0.05) is 6.61 Å². The van der Waals surface area contributed by atoms with E-state index in [1.807, 2.05) is 13.8 Å². The van der Waals surface area contributed by atoms with Crippen LogP contribution in [0, 0.1) is 0 Å². The number of carbonyl (C=O) groups excluding carboxylic acids is 1. The summed E-state index contributed by atoms with van der Waals surface area (Å²) in [6.45, 7) is 4.50. The maximum atomic E-state index is 10.6. The first-order valence-corrected chi connectivity index (χ1v) is 8.70. The van der Waals surface area contributed by atoms with Crippen molar-refractivity contribution in [2.45, 2.75) is 52.4 Å². The lowest BCUT2D eigenvalue weighted by atomic mass is 10.3. The van der Waals surface area contributed by atoms with E-state index in [-0.39, 0.29) is 12.8 Å². The number of carboxylic acids is 1. The van der Waals surface area contributed by atoms with Crippen LogP contribution in [-0.4, -0.2) is 35.4 Å². The molecule has 2 N–H and O–H groups in total. The topological polar surface area (TPSA) is 83.8 Å². The Morgan fingerprint density at radius 3 is 1.56 bits per heavy atom. The van der Waals surface area contributed by atoms with Gasteiger partial charge in [-0.05, 0) is 25.7 Å². The van der Waals surface area contributed by atoms with Gasteiger partial charge in [0.2, 0.25) is 0 Å². The summed E-state index contributed by atoms with van der Waals surface area (Å²) in [5, 5.41) is 16.1. The Morgan fingerprint density at radius 2 is 1.32 bits per heavy atom. The highest BCUT2D eigenvalue weighted by Crippen LogP contribution is 1.94. The fraction of sp³-hybridized carbons (Fsp3) is 0.500. The summed E-state index contributed by atoms with van der Waals surface area (Å²) >= 11 is 0. The minimum Gasteiger partial charge on any atom is -0.481 e. The van der Waals surface area contributed by atoms with Crippen molar-refractivity contribution in [2.24, 2.45) is 0 Å². The highest BCUT2D eigenvalue weighted by Gasteiger charge is 2.04. The van der Waals surface area contributed by atoms with E-state index in [4.69, 9.17) is 10.2 Å². The van der Waals surface area contributed by atoms with Crippen LogP contribution >= 0.6 is 0 Å². The van der Waals surface area contributed by atoms with Gasteiger partial charge in [0.25, 0.3) is 0 Å². The fourth-order valence-electron chi connectivity index (χ4n) is 1.28. The van der Waals surface area contributed by atoms with E-state index >= 15 is 0 Å². The molecule has 0 aromatic carbocycles. The van der Waals surface area contributed by atoms with Gasteiger partial charge < -0.3 is 14.9 Å². The quantitative estimate of drug-likeness (QED) is 0.700. The normalized spacial score (nSPS) is 12.3. The molecule has 0 radical (unpaired) electrons. The van der Waals surface area contributed by atoms with Gasteiger partial charge in [0.15, 0.2) is 0 Å². The number of ether oxygens (including phenoxy) is 1. The fourth-order valence-corrected chi connectivity index (χ4v) is 1.28. The lowest BCUT2D eigenvalue weighted by Gasteiger charge is -1.99. The standard InChI is InChI=1S/C7H12O4.2C5H6.C3H8O/c1-2-5-11-7(10)4-3-6(8)9;2*1-2-4-5-3-1;1-2-3-4/h2-5H2,1H3,(H,8,9);2*1-4H,5H2;4H,2-3H2,1H3. The molecule has 0 heterocycles. The van der Waals surface area contributed by atoms with E-state index in [1.54, 1.807) is 0 Å². The SMILES string of the molecule is C1=CCC=C1.C1=CCC=C1.CCCO.CCCOC(=O)CCC(=O)O. The molecule has 0 saturated carbocycles. The van der Waals surface area contributed by atoms with Crippen molar-refractivity contribution in [3.05, 3.63) is 48.6 Å². The number of aliphatic hydroxyl groups excluding tert-OH is 1. The van der Waals surface area contributed by atoms with Gasteiger partial charge in [0.1, 0.15) is 0 Å². The van der Waals surface area contributed by atoms with Crippen LogP contribution in [0.2, 0.25) is 0 Å². The smallest absolute Gasteiger partial charge is 0.306 e. The molecule has 0 fully saturated rings. The van der Waals surface area contributed by atoms with Crippen molar-refractivity contribution in [1.29, 1.82) is 0 Å². The molecule has 0 saturated heterocycles. The first-order valence-electron chi connectivity index (χ1n) is 8.70. The monoisotopic (exact) mass is 352 g/mol. The molecule has 0 aromatic heterocycles. The van der Waals surface area contributed by atoms with Crippen LogP contribution in [0.15, 0.2) is 48.6 Å². The number of rotatable bonds is 6. The van der Waals surface area contributed by atoms with Crippen LogP contribution in [0.5, 0.6) is 0 Å². The Morgan fingerprint density at radius 1 is 0.880 bits per heavy atom. The van der Waals surface area contributed by atoms with Crippen LogP contribution in [0.4, 0.5) is 0 Å². The summed E-state index contributed by atoms with van der Waals surface area (Å²) < 4.78 is 4.64. The van der Waals surface area contributed by atoms with Crippen LogP contribution < -0.4 is 0 Å². The average Bonchev–Trinajstić information content (AvgIpc) is 3.36. The maximum Gasteiger partial charge on any atom is 0.306 e. The molecule has 0 atom stereocenters. The largest absolute Gasteiger partial charge is 0.481 e. The van der Waals surface area contributed by atoms with Gasteiger partial charge in [0.05, 0.1) is 19.4 Å². The lowest BCUT2D eigenvalue weighted by molar-refractivity contribution is -0.147. The minimum absolute atomic E-state index is 0.0324. The molecular formula is C20H32O5. The number of hydrogen-bond donors (Lipinski definition) is 2.